The van der Waals surface area contributed by atoms with Crippen molar-refractivity contribution in [3.05, 3.63) is 64.9 Å². The van der Waals surface area contributed by atoms with Crippen LogP contribution < -0.4 is 10.6 Å². The summed E-state index contributed by atoms with van der Waals surface area (Å²) in [4.78, 5) is 5.61. The molecule has 7 heteroatoms. The van der Waals surface area contributed by atoms with Crippen molar-refractivity contribution in [3.8, 4) is 5.69 Å². The van der Waals surface area contributed by atoms with E-state index in [1.807, 2.05) is 34.9 Å². The monoisotopic (exact) mass is 340 g/mol. The van der Waals surface area contributed by atoms with Gasteiger partial charge in [-0.25, -0.2) is 0 Å². The van der Waals surface area contributed by atoms with Crippen molar-refractivity contribution in [1.29, 1.82) is 0 Å². The van der Waals surface area contributed by atoms with Crippen LogP contribution in [0.1, 0.15) is 10.7 Å². The van der Waals surface area contributed by atoms with E-state index in [2.05, 4.69) is 43.3 Å². The van der Waals surface area contributed by atoms with E-state index in [-0.39, 0.29) is 0 Å². The molecule has 0 saturated heterocycles. The second kappa shape index (κ2) is 8.26. The summed E-state index contributed by atoms with van der Waals surface area (Å²) in [6.45, 7) is 1.39. The smallest absolute Gasteiger partial charge is 0.191 e. The molecule has 0 aliphatic heterocycles. The number of benzene rings is 1. The van der Waals surface area contributed by atoms with Gasteiger partial charge in [0.05, 0.1) is 6.54 Å². The number of thiophene rings is 1. The minimum Gasteiger partial charge on any atom is -0.356 e. The largest absolute Gasteiger partial charge is 0.356 e. The Bertz CT molecular complexity index is 764. The first-order valence-corrected chi connectivity index (χ1v) is 8.66. The molecule has 24 heavy (non-hydrogen) atoms. The second-order valence-electron chi connectivity index (χ2n) is 5.13. The number of nitrogens with one attached hydrogen (secondary N) is 2. The standard InChI is InChI=1S/C17H20N6S/c1-18-17(19-10-9-15-8-5-11-24-15)20-12-16-22-21-13-23(16)14-6-3-2-4-7-14/h2-8,11,13H,9-10,12H2,1H3,(H2,18,19,20). The van der Waals surface area contributed by atoms with Gasteiger partial charge in [-0.1, -0.05) is 24.3 Å². The fourth-order valence-electron chi connectivity index (χ4n) is 2.33. The number of para-hydroxylation sites is 1. The van der Waals surface area contributed by atoms with Gasteiger partial charge in [-0.05, 0) is 30.0 Å². The zero-order valence-electron chi connectivity index (χ0n) is 13.5. The molecular formula is C17H20N6S. The molecular weight excluding hydrogens is 320 g/mol. The SMILES string of the molecule is CN=C(NCCc1cccs1)NCc1nncn1-c1ccccc1. The van der Waals surface area contributed by atoms with Gasteiger partial charge < -0.3 is 10.6 Å². The topological polar surface area (TPSA) is 67.1 Å². The Balaban J connectivity index is 1.54. The number of nitrogens with zero attached hydrogens (tertiary/aromatic N) is 4. The number of aliphatic imine (C=N–C) groups is 1. The van der Waals surface area contributed by atoms with Gasteiger partial charge in [0.2, 0.25) is 0 Å². The van der Waals surface area contributed by atoms with Crippen LogP contribution in [-0.4, -0.2) is 34.3 Å². The van der Waals surface area contributed by atoms with Crippen LogP contribution in [-0.2, 0) is 13.0 Å². The molecule has 0 radical (unpaired) electrons. The molecule has 2 aromatic heterocycles. The van der Waals surface area contributed by atoms with Crippen LogP contribution in [0.25, 0.3) is 5.69 Å². The summed E-state index contributed by atoms with van der Waals surface area (Å²) in [6.07, 6.45) is 2.71. The van der Waals surface area contributed by atoms with Crippen LogP contribution in [0.15, 0.2) is 59.2 Å². The lowest BCUT2D eigenvalue weighted by Gasteiger charge is -2.12. The third kappa shape index (κ3) is 4.20. The molecule has 0 bridgehead atoms. The maximum atomic E-state index is 4.25. The number of hydrogen-bond donors (Lipinski definition) is 2. The van der Waals surface area contributed by atoms with Gasteiger partial charge in [-0.3, -0.25) is 9.56 Å². The van der Waals surface area contributed by atoms with E-state index in [1.165, 1.54) is 4.88 Å². The van der Waals surface area contributed by atoms with E-state index in [9.17, 15) is 0 Å². The number of rotatable bonds is 6. The van der Waals surface area contributed by atoms with Crippen molar-refractivity contribution in [3.63, 3.8) is 0 Å². The summed E-state index contributed by atoms with van der Waals surface area (Å²) < 4.78 is 1.96. The average Bonchev–Trinajstić information content (AvgIpc) is 3.30. The lowest BCUT2D eigenvalue weighted by molar-refractivity contribution is 0.751. The van der Waals surface area contributed by atoms with Crippen molar-refractivity contribution < 1.29 is 0 Å². The van der Waals surface area contributed by atoms with Crippen molar-refractivity contribution in [2.24, 2.45) is 4.99 Å². The molecule has 124 valence electrons. The quantitative estimate of drug-likeness (QED) is 0.533. The van der Waals surface area contributed by atoms with E-state index in [1.54, 1.807) is 24.7 Å². The second-order valence-corrected chi connectivity index (χ2v) is 6.17. The lowest BCUT2D eigenvalue weighted by Crippen LogP contribution is -2.38. The third-order valence-corrected chi connectivity index (χ3v) is 4.47. The zero-order chi connectivity index (χ0) is 16.6. The highest BCUT2D eigenvalue weighted by Crippen LogP contribution is 2.09. The normalized spacial score (nSPS) is 11.5. The molecule has 0 amide bonds. The molecule has 3 aromatic rings. The average molecular weight is 340 g/mol. The lowest BCUT2D eigenvalue weighted by atomic mass is 10.3. The predicted octanol–water partition coefficient (Wildman–Crippen LogP) is 2.24. The Labute approximate surface area is 145 Å². The fraction of sp³-hybridized carbons (Fsp3) is 0.235. The maximum Gasteiger partial charge on any atom is 0.191 e. The summed E-state index contributed by atoms with van der Waals surface area (Å²) in [5, 5.41) is 16.9. The van der Waals surface area contributed by atoms with E-state index in [0.29, 0.717) is 6.54 Å². The van der Waals surface area contributed by atoms with Crippen molar-refractivity contribution >= 4 is 17.3 Å². The Hall–Kier alpha value is -2.67. The highest BCUT2D eigenvalue weighted by Gasteiger charge is 2.07. The van der Waals surface area contributed by atoms with Gasteiger partial charge in [0.1, 0.15) is 6.33 Å². The molecule has 0 aliphatic rings. The van der Waals surface area contributed by atoms with Gasteiger partial charge in [0, 0.05) is 24.2 Å². The van der Waals surface area contributed by atoms with Crippen LogP contribution in [0, 0.1) is 0 Å². The molecule has 0 atom stereocenters. The van der Waals surface area contributed by atoms with Crippen molar-refractivity contribution in [2.45, 2.75) is 13.0 Å². The van der Waals surface area contributed by atoms with E-state index in [4.69, 9.17) is 0 Å². The van der Waals surface area contributed by atoms with Gasteiger partial charge >= 0.3 is 0 Å². The summed E-state index contributed by atoms with van der Waals surface area (Å²) in [7, 11) is 1.77. The summed E-state index contributed by atoms with van der Waals surface area (Å²) in [5.74, 6) is 1.59. The van der Waals surface area contributed by atoms with Gasteiger partial charge in [-0.2, -0.15) is 0 Å². The van der Waals surface area contributed by atoms with Gasteiger partial charge in [0.15, 0.2) is 11.8 Å². The molecule has 0 aliphatic carbocycles. The van der Waals surface area contributed by atoms with E-state index >= 15 is 0 Å². The number of hydrogen-bond acceptors (Lipinski definition) is 4. The van der Waals surface area contributed by atoms with Crippen LogP contribution in [0.2, 0.25) is 0 Å². The molecule has 0 fully saturated rings. The van der Waals surface area contributed by atoms with Gasteiger partial charge in [0.25, 0.3) is 0 Å². The van der Waals surface area contributed by atoms with Crippen LogP contribution in [0.5, 0.6) is 0 Å². The molecule has 2 heterocycles. The van der Waals surface area contributed by atoms with Crippen LogP contribution in [0.3, 0.4) is 0 Å². The maximum absolute atomic E-state index is 4.25. The highest BCUT2D eigenvalue weighted by molar-refractivity contribution is 7.09. The summed E-state index contributed by atoms with van der Waals surface area (Å²) >= 11 is 1.77. The molecule has 0 unspecified atom stereocenters. The summed E-state index contributed by atoms with van der Waals surface area (Å²) in [6, 6.07) is 14.3. The first-order valence-electron chi connectivity index (χ1n) is 7.78. The molecule has 3 rings (SSSR count). The first kappa shape index (κ1) is 16.2. The number of guanidine groups is 1. The Morgan fingerprint density at radius 3 is 2.79 bits per heavy atom. The fourth-order valence-corrected chi connectivity index (χ4v) is 3.04. The van der Waals surface area contributed by atoms with Crippen LogP contribution >= 0.6 is 11.3 Å². The Morgan fingerprint density at radius 1 is 1.17 bits per heavy atom. The zero-order valence-corrected chi connectivity index (χ0v) is 14.3. The van der Waals surface area contributed by atoms with E-state index in [0.717, 1.165) is 30.4 Å². The number of aromatic nitrogens is 3. The van der Waals surface area contributed by atoms with Gasteiger partial charge in [-0.15, -0.1) is 21.5 Å². The molecule has 0 saturated carbocycles. The van der Waals surface area contributed by atoms with Crippen LogP contribution in [0.4, 0.5) is 0 Å². The molecule has 2 N–H and O–H groups in total. The Kier molecular flexibility index (Phi) is 5.57. The van der Waals surface area contributed by atoms with Crippen molar-refractivity contribution in [1.82, 2.24) is 25.4 Å². The first-order chi connectivity index (χ1) is 11.9. The molecule has 1 aromatic carbocycles. The van der Waals surface area contributed by atoms with Crippen molar-refractivity contribution in [2.75, 3.05) is 13.6 Å². The third-order valence-electron chi connectivity index (χ3n) is 3.53. The summed E-state index contributed by atoms with van der Waals surface area (Å²) in [5.41, 5.74) is 1.04. The van der Waals surface area contributed by atoms with E-state index < -0.39 is 0 Å². The molecule has 6 nitrogen and oxygen atoms in total. The highest BCUT2D eigenvalue weighted by atomic mass is 32.1. The minimum atomic E-state index is 0.549. The Morgan fingerprint density at radius 2 is 2.04 bits per heavy atom. The predicted molar refractivity (Wildman–Crippen MR) is 97.6 cm³/mol. The minimum absolute atomic E-state index is 0.549. The molecule has 0 spiro atoms.